The zero-order valence-corrected chi connectivity index (χ0v) is 6.32. The summed E-state index contributed by atoms with van der Waals surface area (Å²) in [4.78, 5) is 10.7. The predicted molar refractivity (Wildman–Crippen MR) is 38.0 cm³/mol. The summed E-state index contributed by atoms with van der Waals surface area (Å²) in [5.74, 6) is 0. The molecule has 1 aromatic rings. The van der Waals surface area contributed by atoms with Gasteiger partial charge in [0.1, 0.15) is 6.29 Å². The van der Waals surface area contributed by atoms with Crippen molar-refractivity contribution in [1.82, 2.24) is 15.0 Å². The average Bonchev–Trinajstić information content (AvgIpc) is 2.70. The van der Waals surface area contributed by atoms with Gasteiger partial charge in [0.2, 0.25) is 0 Å². The summed E-state index contributed by atoms with van der Waals surface area (Å²) < 4.78 is 1.67. The number of aromatic nitrogens is 3. The lowest BCUT2D eigenvalue weighted by molar-refractivity contribution is -0.110. The van der Waals surface area contributed by atoms with E-state index in [1.54, 1.807) is 10.9 Å². The van der Waals surface area contributed by atoms with E-state index in [0.717, 1.165) is 24.8 Å². The number of nitrogens with zero attached hydrogens (tertiary/aromatic N) is 3. The highest BCUT2D eigenvalue weighted by Gasteiger charge is 2.46. The van der Waals surface area contributed by atoms with Gasteiger partial charge in [-0.1, -0.05) is 5.21 Å². The van der Waals surface area contributed by atoms with Crippen LogP contribution in [0, 0.1) is 0 Å². The van der Waals surface area contributed by atoms with E-state index in [2.05, 4.69) is 10.3 Å². The molecule has 0 unspecified atom stereocenters. The van der Waals surface area contributed by atoms with Crippen molar-refractivity contribution in [1.29, 1.82) is 0 Å². The fourth-order valence-corrected chi connectivity index (χ4v) is 1.31. The topological polar surface area (TPSA) is 47.8 Å². The van der Waals surface area contributed by atoms with Crippen LogP contribution in [0.25, 0.3) is 0 Å². The maximum Gasteiger partial charge on any atom is 0.132 e. The van der Waals surface area contributed by atoms with Crippen molar-refractivity contribution in [3.63, 3.8) is 0 Å². The van der Waals surface area contributed by atoms with Crippen molar-refractivity contribution < 1.29 is 4.79 Å². The highest BCUT2D eigenvalue weighted by atomic mass is 16.1. The van der Waals surface area contributed by atoms with E-state index in [1.165, 1.54) is 0 Å². The van der Waals surface area contributed by atoms with Gasteiger partial charge in [0.05, 0.1) is 17.3 Å². The second-order valence-corrected chi connectivity index (χ2v) is 3.02. The summed E-state index contributed by atoms with van der Waals surface area (Å²) in [6.45, 7) is 0. The van der Waals surface area contributed by atoms with Crippen LogP contribution in [0.5, 0.6) is 0 Å². The SMILES string of the molecule is Cn1nncc1C1(C=O)CC1. The smallest absolute Gasteiger partial charge is 0.132 e. The lowest BCUT2D eigenvalue weighted by atomic mass is 10.1. The Morgan fingerprint density at radius 1 is 1.73 bits per heavy atom. The molecule has 0 aromatic carbocycles. The van der Waals surface area contributed by atoms with Crippen LogP contribution in [-0.4, -0.2) is 21.3 Å². The van der Waals surface area contributed by atoms with Gasteiger partial charge in [-0.15, -0.1) is 5.10 Å². The number of carbonyl (C=O) groups is 1. The maximum atomic E-state index is 10.7. The molecule has 0 aliphatic heterocycles. The molecule has 1 saturated carbocycles. The molecular formula is C7H9N3O. The van der Waals surface area contributed by atoms with Crippen LogP contribution in [0.1, 0.15) is 18.5 Å². The molecule has 0 saturated heterocycles. The Morgan fingerprint density at radius 3 is 2.82 bits per heavy atom. The fourth-order valence-electron chi connectivity index (χ4n) is 1.31. The molecule has 0 radical (unpaired) electrons. The van der Waals surface area contributed by atoms with Gasteiger partial charge in [-0.25, -0.2) is 0 Å². The normalized spacial score (nSPS) is 19.7. The molecule has 11 heavy (non-hydrogen) atoms. The highest BCUT2D eigenvalue weighted by Crippen LogP contribution is 2.45. The summed E-state index contributed by atoms with van der Waals surface area (Å²) in [5, 5.41) is 7.51. The van der Waals surface area contributed by atoms with Crippen LogP contribution < -0.4 is 0 Å². The zero-order chi connectivity index (χ0) is 7.90. The minimum absolute atomic E-state index is 0.238. The second-order valence-electron chi connectivity index (χ2n) is 3.02. The Balaban J connectivity index is 2.43. The molecule has 2 rings (SSSR count). The third-order valence-corrected chi connectivity index (χ3v) is 2.24. The van der Waals surface area contributed by atoms with Crippen LogP contribution in [0.4, 0.5) is 0 Å². The van der Waals surface area contributed by atoms with E-state index in [1.807, 2.05) is 7.05 Å². The first kappa shape index (κ1) is 6.52. The average molecular weight is 151 g/mol. The monoisotopic (exact) mass is 151 g/mol. The lowest BCUT2D eigenvalue weighted by Gasteiger charge is -2.04. The Labute approximate surface area is 64.2 Å². The van der Waals surface area contributed by atoms with Gasteiger partial charge >= 0.3 is 0 Å². The van der Waals surface area contributed by atoms with E-state index in [-0.39, 0.29) is 5.41 Å². The lowest BCUT2D eigenvalue weighted by Crippen LogP contribution is -2.13. The number of rotatable bonds is 2. The van der Waals surface area contributed by atoms with Gasteiger partial charge in [0.15, 0.2) is 0 Å². The molecule has 58 valence electrons. The first-order chi connectivity index (χ1) is 5.28. The summed E-state index contributed by atoms with van der Waals surface area (Å²) in [6.07, 6.45) is 4.56. The van der Waals surface area contributed by atoms with E-state index in [0.29, 0.717) is 0 Å². The number of aryl methyl sites for hydroxylation is 1. The van der Waals surface area contributed by atoms with Crippen molar-refractivity contribution in [2.75, 3.05) is 0 Å². The van der Waals surface area contributed by atoms with Crippen molar-refractivity contribution in [3.8, 4) is 0 Å². The Bertz CT molecular complexity index is 288. The molecule has 1 aromatic heterocycles. The Kier molecular flexibility index (Phi) is 1.13. The molecule has 1 aliphatic carbocycles. The van der Waals surface area contributed by atoms with Gasteiger partial charge in [0, 0.05) is 7.05 Å². The second kappa shape index (κ2) is 1.90. The van der Waals surface area contributed by atoms with Crippen LogP contribution in [0.3, 0.4) is 0 Å². The molecule has 0 amide bonds. The first-order valence-corrected chi connectivity index (χ1v) is 3.60. The maximum absolute atomic E-state index is 10.7. The molecule has 1 aliphatic rings. The van der Waals surface area contributed by atoms with Gasteiger partial charge in [-0.05, 0) is 12.8 Å². The first-order valence-electron chi connectivity index (χ1n) is 3.60. The molecule has 4 heteroatoms. The van der Waals surface area contributed by atoms with Crippen LogP contribution in [0.2, 0.25) is 0 Å². The zero-order valence-electron chi connectivity index (χ0n) is 6.32. The van der Waals surface area contributed by atoms with E-state index >= 15 is 0 Å². The summed E-state index contributed by atoms with van der Waals surface area (Å²) in [6, 6.07) is 0. The van der Waals surface area contributed by atoms with Crippen molar-refractivity contribution in [2.24, 2.45) is 7.05 Å². The number of hydrogen-bond donors (Lipinski definition) is 0. The minimum atomic E-state index is -0.238. The predicted octanol–water partition coefficient (Wildman–Crippen LogP) is 0.0456. The van der Waals surface area contributed by atoms with Gasteiger partial charge in [-0.2, -0.15) is 0 Å². The molecule has 1 fully saturated rings. The largest absolute Gasteiger partial charge is 0.302 e. The van der Waals surface area contributed by atoms with Crippen LogP contribution in [0.15, 0.2) is 6.20 Å². The number of aldehydes is 1. The van der Waals surface area contributed by atoms with E-state index in [4.69, 9.17) is 0 Å². The third kappa shape index (κ3) is 0.785. The number of carbonyl (C=O) groups excluding carboxylic acids is 1. The van der Waals surface area contributed by atoms with E-state index < -0.39 is 0 Å². The summed E-state index contributed by atoms with van der Waals surface area (Å²) >= 11 is 0. The molecule has 0 atom stereocenters. The molecule has 1 heterocycles. The fraction of sp³-hybridized carbons (Fsp3) is 0.571. The minimum Gasteiger partial charge on any atom is -0.302 e. The third-order valence-electron chi connectivity index (χ3n) is 2.24. The van der Waals surface area contributed by atoms with Gasteiger partial charge in [-0.3, -0.25) is 4.68 Å². The summed E-state index contributed by atoms with van der Waals surface area (Å²) in [7, 11) is 1.81. The molecule has 0 N–H and O–H groups in total. The molecule has 0 spiro atoms. The van der Waals surface area contributed by atoms with Crippen LogP contribution in [-0.2, 0) is 17.3 Å². The van der Waals surface area contributed by atoms with Gasteiger partial charge in [0.25, 0.3) is 0 Å². The van der Waals surface area contributed by atoms with Crippen LogP contribution >= 0.6 is 0 Å². The molecular weight excluding hydrogens is 142 g/mol. The molecule has 4 nitrogen and oxygen atoms in total. The van der Waals surface area contributed by atoms with E-state index in [9.17, 15) is 4.79 Å². The van der Waals surface area contributed by atoms with Crippen molar-refractivity contribution in [2.45, 2.75) is 18.3 Å². The number of hydrogen-bond acceptors (Lipinski definition) is 3. The Hall–Kier alpha value is -1.19. The van der Waals surface area contributed by atoms with Crippen molar-refractivity contribution in [3.05, 3.63) is 11.9 Å². The standard InChI is InChI=1S/C7H9N3O/c1-10-6(4-8-9-10)7(5-11)2-3-7/h4-5H,2-3H2,1H3. The Morgan fingerprint density at radius 2 is 2.45 bits per heavy atom. The highest BCUT2D eigenvalue weighted by molar-refractivity contribution is 5.71. The summed E-state index contributed by atoms with van der Waals surface area (Å²) in [5.41, 5.74) is 0.700. The van der Waals surface area contributed by atoms with Crippen molar-refractivity contribution >= 4 is 6.29 Å². The molecule has 0 bridgehead atoms. The quantitative estimate of drug-likeness (QED) is 0.561. The van der Waals surface area contributed by atoms with Gasteiger partial charge < -0.3 is 4.79 Å².